The van der Waals surface area contributed by atoms with Gasteiger partial charge in [0, 0.05) is 12.0 Å². The number of carbonyl (C=O) groups is 1. The van der Waals surface area contributed by atoms with Gasteiger partial charge < -0.3 is 5.32 Å². The summed E-state index contributed by atoms with van der Waals surface area (Å²) in [5.41, 5.74) is 0.106. The summed E-state index contributed by atoms with van der Waals surface area (Å²) in [5.74, 6) is -1.54. The summed E-state index contributed by atoms with van der Waals surface area (Å²) in [5, 5.41) is 2.66. The normalized spacial score (nSPS) is 21.5. The van der Waals surface area contributed by atoms with E-state index in [0.29, 0.717) is 12.8 Å². The van der Waals surface area contributed by atoms with E-state index in [1.165, 1.54) is 0 Å². The molecule has 2 unspecified atom stereocenters. The number of hydrogen-bond acceptors (Lipinski definition) is 3. The van der Waals surface area contributed by atoms with Crippen molar-refractivity contribution in [2.24, 2.45) is 5.92 Å². The van der Waals surface area contributed by atoms with Crippen LogP contribution in [-0.4, -0.2) is 25.8 Å². The van der Waals surface area contributed by atoms with Crippen LogP contribution in [0.25, 0.3) is 0 Å². The van der Waals surface area contributed by atoms with E-state index in [1.54, 1.807) is 6.92 Å². The van der Waals surface area contributed by atoms with E-state index in [2.05, 4.69) is 5.32 Å². The van der Waals surface area contributed by atoms with Gasteiger partial charge in [-0.2, -0.15) is 0 Å². The summed E-state index contributed by atoms with van der Waals surface area (Å²) in [7, 11) is -3.03. The summed E-state index contributed by atoms with van der Waals surface area (Å²) >= 11 is 0. The lowest BCUT2D eigenvalue weighted by atomic mass is 10.0. The van der Waals surface area contributed by atoms with Crippen LogP contribution in [0, 0.1) is 17.6 Å². The van der Waals surface area contributed by atoms with E-state index in [-0.39, 0.29) is 35.3 Å². The predicted octanol–water partition coefficient (Wildman–Crippen LogP) is 2.36. The smallest absolute Gasteiger partial charge is 0.220 e. The Morgan fingerprint density at radius 2 is 2.14 bits per heavy atom. The van der Waals surface area contributed by atoms with Crippen LogP contribution in [0.5, 0.6) is 0 Å². The minimum absolute atomic E-state index is 0.0194. The molecule has 22 heavy (non-hydrogen) atoms. The van der Waals surface area contributed by atoms with Gasteiger partial charge >= 0.3 is 0 Å². The topological polar surface area (TPSA) is 63.2 Å². The predicted molar refractivity (Wildman–Crippen MR) is 78.9 cm³/mol. The Balaban J connectivity index is 2.01. The minimum atomic E-state index is -3.03. The fourth-order valence-corrected chi connectivity index (χ4v) is 4.59. The molecule has 0 aromatic heterocycles. The largest absolute Gasteiger partial charge is 0.349 e. The molecule has 0 saturated carbocycles. The number of halogens is 2. The number of benzene rings is 1. The standard InChI is InChI=1S/C15H19F2NO3S/c1-2-14(12-8-11(16)3-4-13(12)17)18-15(19)7-10-5-6-22(20,21)9-10/h3-4,8,10,14H,2,5-7,9H2,1H3,(H,18,19). The summed E-state index contributed by atoms with van der Waals surface area (Å²) in [6.07, 6.45) is 0.975. The van der Waals surface area contributed by atoms with Crippen molar-refractivity contribution in [2.75, 3.05) is 11.5 Å². The maximum atomic E-state index is 13.8. The Kier molecular flexibility index (Phi) is 5.16. The van der Waals surface area contributed by atoms with E-state index in [4.69, 9.17) is 0 Å². The zero-order chi connectivity index (χ0) is 16.3. The number of carbonyl (C=O) groups excluding carboxylic acids is 1. The molecule has 1 aliphatic heterocycles. The van der Waals surface area contributed by atoms with Crippen molar-refractivity contribution in [2.45, 2.75) is 32.2 Å². The molecule has 1 fully saturated rings. The SMILES string of the molecule is CCC(NC(=O)CC1CCS(=O)(=O)C1)c1cc(F)ccc1F. The monoisotopic (exact) mass is 331 g/mol. The van der Waals surface area contributed by atoms with Gasteiger partial charge in [-0.25, -0.2) is 17.2 Å². The highest BCUT2D eigenvalue weighted by molar-refractivity contribution is 7.91. The highest BCUT2D eigenvalue weighted by Gasteiger charge is 2.30. The lowest BCUT2D eigenvalue weighted by molar-refractivity contribution is -0.122. The van der Waals surface area contributed by atoms with Crippen molar-refractivity contribution in [1.29, 1.82) is 0 Å². The summed E-state index contributed by atoms with van der Waals surface area (Å²) in [4.78, 5) is 12.0. The second-order valence-electron chi connectivity index (χ2n) is 5.67. The third kappa shape index (κ3) is 4.25. The van der Waals surface area contributed by atoms with Crippen LogP contribution in [0.4, 0.5) is 8.78 Å². The van der Waals surface area contributed by atoms with E-state index in [9.17, 15) is 22.0 Å². The molecule has 0 radical (unpaired) electrons. The van der Waals surface area contributed by atoms with Crippen LogP contribution in [0.15, 0.2) is 18.2 Å². The number of rotatable bonds is 5. The second kappa shape index (κ2) is 6.73. The minimum Gasteiger partial charge on any atom is -0.349 e. The van der Waals surface area contributed by atoms with Gasteiger partial charge in [0.25, 0.3) is 0 Å². The van der Waals surface area contributed by atoms with Gasteiger partial charge in [0.05, 0.1) is 17.5 Å². The molecule has 7 heteroatoms. The van der Waals surface area contributed by atoms with Gasteiger partial charge in [0.2, 0.25) is 5.91 Å². The van der Waals surface area contributed by atoms with Gasteiger partial charge in [-0.3, -0.25) is 4.79 Å². The molecule has 2 rings (SSSR count). The highest BCUT2D eigenvalue weighted by Crippen LogP contribution is 2.24. The molecule has 1 heterocycles. The molecular weight excluding hydrogens is 312 g/mol. The zero-order valence-electron chi connectivity index (χ0n) is 12.3. The van der Waals surface area contributed by atoms with E-state index >= 15 is 0 Å². The van der Waals surface area contributed by atoms with Gasteiger partial charge in [0.1, 0.15) is 11.6 Å². The second-order valence-corrected chi connectivity index (χ2v) is 7.90. The van der Waals surface area contributed by atoms with E-state index < -0.39 is 27.5 Å². The summed E-state index contributed by atoms with van der Waals surface area (Å²) < 4.78 is 49.8. The number of nitrogens with one attached hydrogen (secondary N) is 1. The maximum Gasteiger partial charge on any atom is 0.220 e. The van der Waals surface area contributed by atoms with Crippen molar-refractivity contribution in [3.05, 3.63) is 35.4 Å². The molecule has 2 atom stereocenters. The lowest BCUT2D eigenvalue weighted by Crippen LogP contribution is -2.30. The average Bonchev–Trinajstić information content (AvgIpc) is 2.78. The average molecular weight is 331 g/mol. The molecular formula is C15H19F2NO3S. The third-order valence-corrected chi connectivity index (χ3v) is 5.71. The molecule has 1 N–H and O–H groups in total. The molecule has 0 bridgehead atoms. The van der Waals surface area contributed by atoms with Crippen LogP contribution in [-0.2, 0) is 14.6 Å². The molecule has 0 spiro atoms. The van der Waals surface area contributed by atoms with Gasteiger partial charge in [-0.05, 0) is 37.0 Å². The lowest BCUT2D eigenvalue weighted by Gasteiger charge is -2.19. The molecule has 1 aromatic rings. The third-order valence-electron chi connectivity index (χ3n) is 3.88. The Morgan fingerprint density at radius 1 is 1.41 bits per heavy atom. The summed E-state index contributed by atoms with van der Waals surface area (Å²) in [6, 6.07) is 2.50. The first-order valence-corrected chi connectivity index (χ1v) is 9.07. The van der Waals surface area contributed by atoms with E-state index in [0.717, 1.165) is 18.2 Å². The molecule has 1 amide bonds. The number of amides is 1. The van der Waals surface area contributed by atoms with Crippen molar-refractivity contribution in [3.8, 4) is 0 Å². The molecule has 122 valence electrons. The molecule has 1 aromatic carbocycles. The van der Waals surface area contributed by atoms with Crippen molar-refractivity contribution in [3.63, 3.8) is 0 Å². The van der Waals surface area contributed by atoms with Crippen LogP contribution in [0.3, 0.4) is 0 Å². The van der Waals surface area contributed by atoms with E-state index in [1.807, 2.05) is 0 Å². The molecule has 1 aliphatic rings. The molecule has 1 saturated heterocycles. The first-order chi connectivity index (χ1) is 10.3. The Hall–Kier alpha value is -1.50. The van der Waals surface area contributed by atoms with Gasteiger partial charge in [-0.15, -0.1) is 0 Å². The first-order valence-electron chi connectivity index (χ1n) is 7.25. The highest BCUT2D eigenvalue weighted by atomic mass is 32.2. The maximum absolute atomic E-state index is 13.8. The summed E-state index contributed by atoms with van der Waals surface area (Å²) in [6.45, 7) is 1.76. The Morgan fingerprint density at radius 3 is 2.73 bits per heavy atom. The Labute approximate surface area is 128 Å². The Bertz CT molecular complexity index is 661. The van der Waals surface area contributed by atoms with Crippen LogP contribution >= 0.6 is 0 Å². The van der Waals surface area contributed by atoms with Crippen LogP contribution in [0.1, 0.15) is 37.8 Å². The fraction of sp³-hybridized carbons (Fsp3) is 0.533. The van der Waals surface area contributed by atoms with Crippen LogP contribution in [0.2, 0.25) is 0 Å². The fourth-order valence-electron chi connectivity index (χ4n) is 2.73. The van der Waals surface area contributed by atoms with Gasteiger partial charge in [0.15, 0.2) is 9.84 Å². The molecule has 0 aliphatic carbocycles. The van der Waals surface area contributed by atoms with Crippen molar-refractivity contribution in [1.82, 2.24) is 5.32 Å². The quantitative estimate of drug-likeness (QED) is 0.901. The van der Waals surface area contributed by atoms with Crippen molar-refractivity contribution >= 4 is 15.7 Å². The number of hydrogen-bond donors (Lipinski definition) is 1. The zero-order valence-corrected chi connectivity index (χ0v) is 13.1. The number of sulfone groups is 1. The van der Waals surface area contributed by atoms with Crippen LogP contribution < -0.4 is 5.32 Å². The first kappa shape index (κ1) is 16.9. The molecule has 4 nitrogen and oxygen atoms in total. The van der Waals surface area contributed by atoms with Crippen molar-refractivity contribution < 1.29 is 22.0 Å². The van der Waals surface area contributed by atoms with Gasteiger partial charge in [-0.1, -0.05) is 6.92 Å².